The summed E-state index contributed by atoms with van der Waals surface area (Å²) in [5.41, 5.74) is 1.87. The van der Waals surface area contributed by atoms with Crippen molar-refractivity contribution in [2.45, 2.75) is 6.42 Å². The van der Waals surface area contributed by atoms with Gasteiger partial charge in [0.2, 0.25) is 0 Å². The molecule has 0 bridgehead atoms. The molecule has 3 nitrogen and oxygen atoms in total. The van der Waals surface area contributed by atoms with Crippen LogP contribution in [0.15, 0.2) is 30.5 Å². The Morgan fingerprint density at radius 3 is 2.94 bits per heavy atom. The Morgan fingerprint density at radius 1 is 1.31 bits per heavy atom. The molecule has 0 spiro atoms. The molecule has 16 heavy (non-hydrogen) atoms. The van der Waals surface area contributed by atoms with E-state index >= 15 is 0 Å². The summed E-state index contributed by atoms with van der Waals surface area (Å²) in [4.78, 5) is 17.4. The van der Waals surface area contributed by atoms with E-state index in [-0.39, 0.29) is 5.78 Å². The third-order valence-electron chi connectivity index (χ3n) is 3.08. The van der Waals surface area contributed by atoms with Gasteiger partial charge in [-0.15, -0.1) is 0 Å². The largest absolute Gasteiger partial charge is 0.360 e. The zero-order chi connectivity index (χ0) is 11.0. The average Bonchev–Trinajstić information content (AvgIpc) is 3.04. The highest BCUT2D eigenvalue weighted by Gasteiger charge is 2.19. The van der Waals surface area contributed by atoms with Crippen molar-refractivity contribution in [1.82, 2.24) is 9.88 Å². The number of Topliss-reactive ketones (excluding diaryl/α,β-unsaturated/α-hetero) is 1. The lowest BCUT2D eigenvalue weighted by Crippen LogP contribution is -2.07. The maximum absolute atomic E-state index is 12.0. The summed E-state index contributed by atoms with van der Waals surface area (Å²) in [6.07, 6.45) is 2.46. The molecule has 0 amide bonds. The van der Waals surface area contributed by atoms with Crippen LogP contribution in [-0.4, -0.2) is 35.3 Å². The number of H-pyrrole nitrogens is 1. The topological polar surface area (TPSA) is 35.9 Å². The normalized spacial score (nSPS) is 15.5. The Morgan fingerprint density at radius 2 is 2.12 bits per heavy atom. The van der Waals surface area contributed by atoms with Crippen LogP contribution in [0.1, 0.15) is 16.8 Å². The molecule has 1 aromatic heterocycles. The number of benzene rings is 1. The molecule has 1 aromatic carbocycles. The van der Waals surface area contributed by atoms with Crippen LogP contribution >= 0.6 is 0 Å². The number of aromatic amines is 1. The van der Waals surface area contributed by atoms with Crippen LogP contribution in [0.2, 0.25) is 0 Å². The summed E-state index contributed by atoms with van der Waals surface area (Å²) in [6, 6.07) is 7.94. The molecule has 0 radical (unpaired) electrons. The van der Waals surface area contributed by atoms with Crippen molar-refractivity contribution in [1.29, 1.82) is 0 Å². The molecule has 2 heterocycles. The lowest BCUT2D eigenvalue weighted by Gasteiger charge is -1.99. The Bertz CT molecular complexity index is 525. The van der Waals surface area contributed by atoms with E-state index in [1.54, 1.807) is 0 Å². The van der Waals surface area contributed by atoms with E-state index < -0.39 is 0 Å². The van der Waals surface area contributed by atoms with Gasteiger partial charge in [-0.25, -0.2) is 0 Å². The van der Waals surface area contributed by atoms with E-state index in [9.17, 15) is 4.79 Å². The van der Waals surface area contributed by atoms with Gasteiger partial charge in [0.1, 0.15) is 0 Å². The number of fused-ring (bicyclic) bond motifs is 1. The summed E-state index contributed by atoms with van der Waals surface area (Å²) in [5.74, 6) is 0.240. The van der Waals surface area contributed by atoms with Gasteiger partial charge < -0.3 is 9.88 Å². The number of hydrogen-bond acceptors (Lipinski definition) is 2. The highest BCUT2D eigenvalue weighted by Crippen LogP contribution is 2.19. The summed E-state index contributed by atoms with van der Waals surface area (Å²) >= 11 is 0. The van der Waals surface area contributed by atoms with Crippen molar-refractivity contribution in [3.63, 3.8) is 0 Å². The zero-order valence-electron chi connectivity index (χ0n) is 9.07. The molecule has 0 atom stereocenters. The predicted molar refractivity (Wildman–Crippen MR) is 63.7 cm³/mol. The van der Waals surface area contributed by atoms with Crippen molar-refractivity contribution < 1.29 is 4.79 Å². The van der Waals surface area contributed by atoms with Crippen LogP contribution in [0.4, 0.5) is 0 Å². The van der Waals surface area contributed by atoms with E-state index in [0.29, 0.717) is 6.42 Å². The minimum absolute atomic E-state index is 0.240. The first-order chi connectivity index (χ1) is 7.84. The van der Waals surface area contributed by atoms with Crippen molar-refractivity contribution in [2.75, 3.05) is 19.6 Å². The molecule has 3 heteroatoms. The first kappa shape index (κ1) is 9.60. The molecule has 0 unspecified atom stereocenters. The number of aromatic nitrogens is 1. The number of rotatable bonds is 4. The van der Waals surface area contributed by atoms with Gasteiger partial charge in [-0.3, -0.25) is 4.79 Å². The second-order valence-electron chi connectivity index (χ2n) is 4.26. The SMILES string of the molecule is O=C(CCN1CC1)c1c[nH]c2ccccc12. The maximum Gasteiger partial charge on any atom is 0.166 e. The van der Waals surface area contributed by atoms with Crippen molar-refractivity contribution in [3.05, 3.63) is 36.0 Å². The molecule has 1 N–H and O–H groups in total. The molecule has 1 aliphatic rings. The van der Waals surface area contributed by atoms with E-state index in [2.05, 4.69) is 9.88 Å². The second-order valence-corrected chi connectivity index (χ2v) is 4.26. The van der Waals surface area contributed by atoms with Gasteiger partial charge in [-0.2, -0.15) is 0 Å². The highest BCUT2D eigenvalue weighted by molar-refractivity contribution is 6.07. The number of hydrogen-bond donors (Lipinski definition) is 1. The third-order valence-corrected chi connectivity index (χ3v) is 3.08. The number of nitrogens with zero attached hydrogens (tertiary/aromatic N) is 1. The lowest BCUT2D eigenvalue weighted by atomic mass is 10.1. The fourth-order valence-corrected chi connectivity index (χ4v) is 1.99. The first-order valence-electron chi connectivity index (χ1n) is 5.66. The standard InChI is InChI=1S/C13H14N2O/c16-13(5-6-15-7-8-15)11-9-14-12-4-2-1-3-10(11)12/h1-4,9,14H,5-8H2. The van der Waals surface area contributed by atoms with Gasteiger partial charge in [0.15, 0.2) is 5.78 Å². The number of carbonyl (C=O) groups is 1. The molecular weight excluding hydrogens is 200 g/mol. The van der Waals surface area contributed by atoms with E-state index in [1.807, 2.05) is 30.5 Å². The zero-order valence-corrected chi connectivity index (χ0v) is 9.07. The summed E-state index contributed by atoms with van der Waals surface area (Å²) in [6.45, 7) is 3.21. The Balaban J connectivity index is 1.83. The maximum atomic E-state index is 12.0. The molecular formula is C13H14N2O. The fraction of sp³-hybridized carbons (Fsp3) is 0.308. The van der Waals surface area contributed by atoms with Crippen LogP contribution in [0.25, 0.3) is 10.9 Å². The van der Waals surface area contributed by atoms with E-state index in [0.717, 1.165) is 36.1 Å². The van der Waals surface area contributed by atoms with Gasteiger partial charge in [-0.05, 0) is 6.07 Å². The molecule has 1 aliphatic heterocycles. The number of nitrogens with one attached hydrogen (secondary N) is 1. The quantitative estimate of drug-likeness (QED) is 0.624. The summed E-state index contributed by atoms with van der Waals surface area (Å²) < 4.78 is 0. The van der Waals surface area contributed by atoms with Gasteiger partial charge in [0.25, 0.3) is 0 Å². The van der Waals surface area contributed by atoms with Crippen molar-refractivity contribution >= 4 is 16.7 Å². The van der Waals surface area contributed by atoms with Crippen molar-refractivity contribution in [3.8, 4) is 0 Å². The van der Waals surface area contributed by atoms with Gasteiger partial charge in [-0.1, -0.05) is 18.2 Å². The summed E-state index contributed by atoms with van der Waals surface area (Å²) in [5, 5.41) is 1.04. The minimum atomic E-state index is 0.240. The smallest absolute Gasteiger partial charge is 0.166 e. The van der Waals surface area contributed by atoms with Gasteiger partial charge in [0, 0.05) is 48.7 Å². The Labute approximate surface area is 94.1 Å². The molecule has 0 aliphatic carbocycles. The van der Waals surface area contributed by atoms with Crippen molar-refractivity contribution in [2.24, 2.45) is 0 Å². The highest BCUT2D eigenvalue weighted by atomic mass is 16.1. The third kappa shape index (κ3) is 1.74. The summed E-state index contributed by atoms with van der Waals surface area (Å²) in [7, 11) is 0. The number of ketones is 1. The number of para-hydroxylation sites is 1. The van der Waals surface area contributed by atoms with Gasteiger partial charge in [0.05, 0.1) is 0 Å². The molecule has 3 rings (SSSR count). The van der Waals surface area contributed by atoms with E-state index in [4.69, 9.17) is 0 Å². The van der Waals surface area contributed by atoms with Crippen LogP contribution in [0, 0.1) is 0 Å². The molecule has 1 saturated heterocycles. The molecule has 82 valence electrons. The molecule has 2 aromatic rings. The average molecular weight is 214 g/mol. The minimum Gasteiger partial charge on any atom is -0.360 e. The van der Waals surface area contributed by atoms with Gasteiger partial charge >= 0.3 is 0 Å². The molecule has 1 fully saturated rings. The number of carbonyl (C=O) groups excluding carboxylic acids is 1. The Kier molecular flexibility index (Phi) is 2.26. The fourth-order valence-electron chi connectivity index (χ4n) is 1.99. The predicted octanol–water partition coefficient (Wildman–Crippen LogP) is 2.06. The monoisotopic (exact) mass is 214 g/mol. The Hall–Kier alpha value is -1.61. The van der Waals surface area contributed by atoms with Crippen LogP contribution < -0.4 is 0 Å². The molecule has 0 saturated carbocycles. The van der Waals surface area contributed by atoms with Crippen LogP contribution in [-0.2, 0) is 0 Å². The lowest BCUT2D eigenvalue weighted by molar-refractivity contribution is 0.0979. The second kappa shape index (κ2) is 3.76. The van der Waals surface area contributed by atoms with E-state index in [1.165, 1.54) is 0 Å². The first-order valence-corrected chi connectivity index (χ1v) is 5.66. The van der Waals surface area contributed by atoms with Crippen LogP contribution in [0.5, 0.6) is 0 Å². The van der Waals surface area contributed by atoms with Crippen LogP contribution in [0.3, 0.4) is 0 Å².